The number of hydrogen-bond donors (Lipinski definition) is 0. The third-order valence-corrected chi connectivity index (χ3v) is 3.64. The average Bonchev–Trinajstić information content (AvgIpc) is 2.27. The highest BCUT2D eigenvalue weighted by atomic mass is 32.2. The number of rotatable bonds is 6. The van der Waals surface area contributed by atoms with Crippen molar-refractivity contribution in [3.8, 4) is 0 Å². The SMILES string of the molecule is Cc1ccc(S(=O)(=O)OCCOCC(C)(C)C)cc1. The molecule has 0 saturated carbocycles. The van der Waals surface area contributed by atoms with Crippen LogP contribution in [0, 0.1) is 12.3 Å². The van der Waals surface area contributed by atoms with E-state index in [9.17, 15) is 8.42 Å². The largest absolute Gasteiger partial charge is 0.378 e. The fourth-order valence-electron chi connectivity index (χ4n) is 1.35. The van der Waals surface area contributed by atoms with Crippen LogP contribution in [0.25, 0.3) is 0 Å². The molecule has 5 heteroatoms. The van der Waals surface area contributed by atoms with E-state index < -0.39 is 10.1 Å². The van der Waals surface area contributed by atoms with E-state index in [0.717, 1.165) is 5.56 Å². The second-order valence-corrected chi connectivity index (χ2v) is 7.32. The maximum Gasteiger partial charge on any atom is 0.297 e. The Balaban J connectivity index is 2.42. The van der Waals surface area contributed by atoms with Crippen LogP contribution in [-0.2, 0) is 19.0 Å². The van der Waals surface area contributed by atoms with Crippen LogP contribution in [0.5, 0.6) is 0 Å². The smallest absolute Gasteiger partial charge is 0.297 e. The Morgan fingerprint density at radius 2 is 1.63 bits per heavy atom. The summed E-state index contributed by atoms with van der Waals surface area (Å²) in [5.74, 6) is 0. The highest BCUT2D eigenvalue weighted by molar-refractivity contribution is 7.86. The van der Waals surface area contributed by atoms with Crippen molar-refractivity contribution < 1.29 is 17.3 Å². The lowest BCUT2D eigenvalue weighted by atomic mass is 9.99. The molecule has 0 unspecified atom stereocenters. The van der Waals surface area contributed by atoms with Gasteiger partial charge in [-0.2, -0.15) is 8.42 Å². The minimum Gasteiger partial charge on any atom is -0.378 e. The van der Waals surface area contributed by atoms with Gasteiger partial charge in [-0.05, 0) is 24.5 Å². The molecule has 1 rings (SSSR count). The number of benzene rings is 1. The molecule has 0 aliphatic carbocycles. The molecule has 0 saturated heterocycles. The molecule has 1 aromatic rings. The fraction of sp³-hybridized carbons (Fsp3) is 0.571. The molecule has 19 heavy (non-hydrogen) atoms. The van der Waals surface area contributed by atoms with Crippen LogP contribution in [0.1, 0.15) is 26.3 Å². The average molecular weight is 286 g/mol. The van der Waals surface area contributed by atoms with Crippen LogP contribution in [0.2, 0.25) is 0 Å². The monoisotopic (exact) mass is 286 g/mol. The van der Waals surface area contributed by atoms with Gasteiger partial charge in [0, 0.05) is 0 Å². The van der Waals surface area contributed by atoms with Gasteiger partial charge in [-0.15, -0.1) is 0 Å². The van der Waals surface area contributed by atoms with Crippen LogP contribution in [-0.4, -0.2) is 28.2 Å². The number of ether oxygens (including phenoxy) is 1. The summed E-state index contributed by atoms with van der Waals surface area (Å²) in [5, 5.41) is 0. The van der Waals surface area contributed by atoms with Crippen LogP contribution >= 0.6 is 0 Å². The molecule has 0 radical (unpaired) electrons. The summed E-state index contributed by atoms with van der Waals surface area (Å²) in [6.07, 6.45) is 0. The lowest BCUT2D eigenvalue weighted by molar-refractivity contribution is 0.0526. The lowest BCUT2D eigenvalue weighted by Gasteiger charge is -2.17. The molecule has 0 aliphatic rings. The Kier molecular flexibility index (Phi) is 5.52. The first-order valence-electron chi connectivity index (χ1n) is 6.25. The van der Waals surface area contributed by atoms with Gasteiger partial charge in [0.1, 0.15) is 0 Å². The molecule has 1 aromatic carbocycles. The summed E-state index contributed by atoms with van der Waals surface area (Å²) in [6.45, 7) is 8.93. The minimum atomic E-state index is -3.67. The summed E-state index contributed by atoms with van der Waals surface area (Å²) in [7, 11) is -3.67. The molecule has 4 nitrogen and oxygen atoms in total. The van der Waals surface area contributed by atoms with Crippen molar-refractivity contribution in [2.45, 2.75) is 32.6 Å². The van der Waals surface area contributed by atoms with E-state index in [0.29, 0.717) is 6.61 Å². The van der Waals surface area contributed by atoms with E-state index in [2.05, 4.69) is 20.8 Å². The standard InChI is InChI=1S/C14H22O4S/c1-12-5-7-13(8-6-12)19(15,16)18-10-9-17-11-14(2,3)4/h5-8H,9-11H2,1-4H3. The summed E-state index contributed by atoms with van der Waals surface area (Å²) < 4.78 is 33.9. The van der Waals surface area contributed by atoms with Crippen molar-refractivity contribution in [3.05, 3.63) is 29.8 Å². The second kappa shape index (κ2) is 6.50. The van der Waals surface area contributed by atoms with Crippen molar-refractivity contribution in [2.75, 3.05) is 19.8 Å². The van der Waals surface area contributed by atoms with Crippen molar-refractivity contribution in [3.63, 3.8) is 0 Å². The van der Waals surface area contributed by atoms with Gasteiger partial charge in [0.15, 0.2) is 0 Å². The van der Waals surface area contributed by atoms with Gasteiger partial charge in [-0.3, -0.25) is 4.18 Å². The first kappa shape index (κ1) is 16.1. The molecule has 0 heterocycles. The third kappa shape index (κ3) is 6.18. The summed E-state index contributed by atoms with van der Waals surface area (Å²) in [5.41, 5.74) is 1.07. The molecular formula is C14H22O4S. The van der Waals surface area contributed by atoms with Crippen molar-refractivity contribution in [2.24, 2.45) is 5.41 Å². The number of aryl methyl sites for hydroxylation is 1. The topological polar surface area (TPSA) is 52.6 Å². The normalized spacial score (nSPS) is 12.6. The molecule has 0 fully saturated rings. The summed E-state index contributed by atoms with van der Waals surface area (Å²) in [4.78, 5) is 0.175. The van der Waals surface area contributed by atoms with E-state index in [1.165, 1.54) is 0 Å². The van der Waals surface area contributed by atoms with Crippen molar-refractivity contribution in [1.82, 2.24) is 0 Å². The summed E-state index contributed by atoms with van der Waals surface area (Å²) >= 11 is 0. The van der Waals surface area contributed by atoms with Gasteiger partial charge in [0.25, 0.3) is 10.1 Å². The first-order valence-corrected chi connectivity index (χ1v) is 7.65. The van der Waals surface area contributed by atoms with E-state index in [1.54, 1.807) is 24.3 Å². The molecule has 0 atom stereocenters. The van der Waals surface area contributed by atoms with Gasteiger partial charge >= 0.3 is 0 Å². The highest BCUT2D eigenvalue weighted by Gasteiger charge is 2.15. The lowest BCUT2D eigenvalue weighted by Crippen LogP contribution is -2.18. The maximum atomic E-state index is 11.8. The fourth-order valence-corrected chi connectivity index (χ4v) is 2.25. The van der Waals surface area contributed by atoms with Gasteiger partial charge in [0.2, 0.25) is 0 Å². The van der Waals surface area contributed by atoms with Gasteiger partial charge in [-0.1, -0.05) is 38.5 Å². The Hall–Kier alpha value is -0.910. The van der Waals surface area contributed by atoms with E-state index >= 15 is 0 Å². The molecule has 0 bridgehead atoms. The van der Waals surface area contributed by atoms with Gasteiger partial charge in [0.05, 0.1) is 24.7 Å². The van der Waals surface area contributed by atoms with Crippen molar-refractivity contribution in [1.29, 1.82) is 0 Å². The van der Waals surface area contributed by atoms with Crippen LogP contribution < -0.4 is 0 Å². The molecule has 0 aromatic heterocycles. The minimum absolute atomic E-state index is 0.0340. The molecular weight excluding hydrogens is 264 g/mol. The zero-order chi connectivity index (χ0) is 14.5. The van der Waals surface area contributed by atoms with E-state index in [4.69, 9.17) is 8.92 Å². The first-order chi connectivity index (χ1) is 8.71. The maximum absolute atomic E-state index is 11.8. The van der Waals surface area contributed by atoms with E-state index in [1.807, 2.05) is 6.92 Å². The highest BCUT2D eigenvalue weighted by Crippen LogP contribution is 2.14. The Morgan fingerprint density at radius 1 is 1.05 bits per heavy atom. The Labute approximate surface area is 115 Å². The van der Waals surface area contributed by atoms with Crippen molar-refractivity contribution >= 4 is 10.1 Å². The van der Waals surface area contributed by atoms with Crippen LogP contribution in [0.4, 0.5) is 0 Å². The predicted octanol–water partition coefficient (Wildman–Crippen LogP) is 2.76. The van der Waals surface area contributed by atoms with Crippen LogP contribution in [0.15, 0.2) is 29.2 Å². The molecule has 0 spiro atoms. The molecule has 0 amide bonds. The summed E-state index contributed by atoms with van der Waals surface area (Å²) in [6, 6.07) is 6.57. The second-order valence-electron chi connectivity index (χ2n) is 5.70. The molecule has 0 aliphatic heterocycles. The Bertz CT molecular complexity index is 483. The number of hydrogen-bond acceptors (Lipinski definition) is 4. The third-order valence-electron chi connectivity index (χ3n) is 2.31. The zero-order valence-electron chi connectivity index (χ0n) is 12.0. The van der Waals surface area contributed by atoms with Gasteiger partial charge < -0.3 is 4.74 Å². The van der Waals surface area contributed by atoms with Gasteiger partial charge in [-0.25, -0.2) is 0 Å². The Morgan fingerprint density at radius 3 is 2.16 bits per heavy atom. The zero-order valence-corrected chi connectivity index (χ0v) is 12.8. The molecule has 0 N–H and O–H groups in total. The quantitative estimate of drug-likeness (QED) is 0.596. The predicted molar refractivity (Wildman–Crippen MR) is 74.6 cm³/mol. The van der Waals surface area contributed by atoms with E-state index in [-0.39, 0.29) is 23.5 Å². The van der Waals surface area contributed by atoms with Crippen LogP contribution in [0.3, 0.4) is 0 Å². The molecule has 108 valence electrons.